The summed E-state index contributed by atoms with van der Waals surface area (Å²) in [4.78, 5) is 22.0. The summed E-state index contributed by atoms with van der Waals surface area (Å²) in [6, 6.07) is 7.74. The van der Waals surface area contributed by atoms with Gasteiger partial charge < -0.3 is 14.6 Å². The molecule has 0 unspecified atom stereocenters. The second kappa shape index (κ2) is 17.8. The van der Waals surface area contributed by atoms with Crippen LogP contribution in [0, 0.1) is 0 Å². The molecule has 0 saturated heterocycles. The Hall–Kier alpha value is -2.04. The molecule has 5 heteroatoms. The quantitative estimate of drug-likeness (QED) is 0.201. The molecule has 5 nitrogen and oxygen atoms in total. The average molecular weight is 421 g/mol. The van der Waals surface area contributed by atoms with Crippen LogP contribution in [0.2, 0.25) is 0 Å². The third kappa shape index (κ3) is 13.2. The number of hydrogen-bond donors (Lipinski definition) is 1. The van der Waals surface area contributed by atoms with Crippen LogP contribution in [0.25, 0.3) is 0 Å². The van der Waals surface area contributed by atoms with Crippen molar-refractivity contribution in [2.45, 2.75) is 96.3 Å². The molecule has 0 heterocycles. The first kappa shape index (κ1) is 26.0. The lowest BCUT2D eigenvalue weighted by Gasteiger charge is -2.07. The first-order valence-corrected chi connectivity index (χ1v) is 11.7. The maximum absolute atomic E-state index is 11.8. The van der Waals surface area contributed by atoms with Gasteiger partial charge in [0.2, 0.25) is 0 Å². The molecular weight excluding hydrogens is 380 g/mol. The van der Waals surface area contributed by atoms with Crippen molar-refractivity contribution in [2.24, 2.45) is 0 Å². The van der Waals surface area contributed by atoms with Crippen LogP contribution in [0.5, 0.6) is 0 Å². The maximum Gasteiger partial charge on any atom is 0.505 e. The molecule has 0 aliphatic heterocycles. The molecule has 0 amide bonds. The molecule has 0 radical (unpaired) electrons. The predicted molar refractivity (Wildman–Crippen MR) is 120 cm³/mol. The summed E-state index contributed by atoms with van der Waals surface area (Å²) in [5.41, 5.74) is 1.80. The largest absolute Gasteiger partial charge is 0.505 e. The van der Waals surface area contributed by atoms with Crippen molar-refractivity contribution in [1.82, 2.24) is 0 Å². The van der Waals surface area contributed by atoms with Gasteiger partial charge in [-0.2, -0.15) is 0 Å². The van der Waals surface area contributed by atoms with E-state index < -0.39 is 6.16 Å². The van der Waals surface area contributed by atoms with Crippen molar-refractivity contribution in [2.75, 3.05) is 13.7 Å². The summed E-state index contributed by atoms with van der Waals surface area (Å²) in [5.74, 6) is -0.240. The SMILES string of the molecule is COC(=O)c1ccccc1CCCCCCCCCCCCCCCCOC(=O)O. The van der Waals surface area contributed by atoms with E-state index in [-0.39, 0.29) is 5.97 Å². The molecule has 0 spiro atoms. The fourth-order valence-electron chi connectivity index (χ4n) is 3.75. The lowest BCUT2D eigenvalue weighted by atomic mass is 10.00. The number of carbonyl (C=O) groups excluding carboxylic acids is 1. The minimum atomic E-state index is -1.17. The molecule has 0 fully saturated rings. The Morgan fingerprint density at radius 1 is 0.733 bits per heavy atom. The number of methoxy groups -OCH3 is 1. The molecular formula is C25H40O5. The Bertz CT molecular complexity index is 585. The first-order valence-electron chi connectivity index (χ1n) is 11.7. The average Bonchev–Trinajstić information content (AvgIpc) is 2.75. The van der Waals surface area contributed by atoms with E-state index in [1.54, 1.807) is 0 Å². The molecule has 30 heavy (non-hydrogen) atoms. The lowest BCUT2D eigenvalue weighted by molar-refractivity contribution is 0.0599. The number of carbonyl (C=O) groups is 2. The summed E-state index contributed by atoms with van der Waals surface area (Å²) < 4.78 is 9.35. The van der Waals surface area contributed by atoms with E-state index in [1.807, 2.05) is 24.3 Å². The highest BCUT2D eigenvalue weighted by molar-refractivity contribution is 5.90. The Morgan fingerprint density at radius 2 is 1.20 bits per heavy atom. The molecule has 170 valence electrons. The normalized spacial score (nSPS) is 10.7. The summed E-state index contributed by atoms with van der Waals surface area (Å²) in [6.45, 7) is 0.329. The minimum absolute atomic E-state index is 0.240. The third-order valence-electron chi connectivity index (χ3n) is 5.49. The second-order valence-corrected chi connectivity index (χ2v) is 7.96. The molecule has 0 aromatic heterocycles. The molecule has 0 atom stereocenters. The molecule has 0 aliphatic rings. The van der Waals surface area contributed by atoms with Gasteiger partial charge in [0.1, 0.15) is 0 Å². The number of unbranched alkanes of at least 4 members (excludes halogenated alkanes) is 13. The van der Waals surface area contributed by atoms with Gasteiger partial charge in [-0.25, -0.2) is 9.59 Å². The van der Waals surface area contributed by atoms with Crippen LogP contribution >= 0.6 is 0 Å². The lowest BCUT2D eigenvalue weighted by Crippen LogP contribution is -2.05. The summed E-state index contributed by atoms with van der Waals surface area (Å²) in [6.07, 6.45) is 16.9. The maximum atomic E-state index is 11.8. The number of benzene rings is 1. The van der Waals surface area contributed by atoms with E-state index in [2.05, 4.69) is 4.74 Å². The van der Waals surface area contributed by atoms with Crippen LogP contribution in [0.15, 0.2) is 24.3 Å². The van der Waals surface area contributed by atoms with Gasteiger partial charge in [0.05, 0.1) is 19.3 Å². The van der Waals surface area contributed by atoms with Crippen molar-refractivity contribution in [3.63, 3.8) is 0 Å². The van der Waals surface area contributed by atoms with Gasteiger partial charge in [-0.3, -0.25) is 0 Å². The zero-order chi connectivity index (χ0) is 21.9. The van der Waals surface area contributed by atoms with Crippen molar-refractivity contribution >= 4 is 12.1 Å². The summed E-state index contributed by atoms with van der Waals surface area (Å²) in [5, 5.41) is 8.37. The molecule has 0 aliphatic carbocycles. The van der Waals surface area contributed by atoms with Crippen molar-refractivity contribution < 1.29 is 24.2 Å². The topological polar surface area (TPSA) is 72.8 Å². The fraction of sp³-hybridized carbons (Fsp3) is 0.680. The number of hydrogen-bond acceptors (Lipinski definition) is 4. The van der Waals surface area contributed by atoms with Crippen LogP contribution in [-0.2, 0) is 15.9 Å². The minimum Gasteiger partial charge on any atom is -0.465 e. The van der Waals surface area contributed by atoms with Gasteiger partial charge in [0.15, 0.2) is 0 Å². The van der Waals surface area contributed by atoms with Crippen LogP contribution in [-0.4, -0.2) is 30.9 Å². The Balaban J connectivity index is 1.86. The fourth-order valence-corrected chi connectivity index (χ4v) is 3.75. The molecule has 0 saturated carbocycles. The molecule has 1 rings (SSSR count). The van der Waals surface area contributed by atoms with Crippen molar-refractivity contribution in [3.05, 3.63) is 35.4 Å². The van der Waals surface area contributed by atoms with E-state index in [9.17, 15) is 9.59 Å². The monoisotopic (exact) mass is 420 g/mol. The number of rotatable bonds is 18. The van der Waals surface area contributed by atoms with Gasteiger partial charge >= 0.3 is 12.1 Å². The van der Waals surface area contributed by atoms with E-state index in [0.29, 0.717) is 12.2 Å². The van der Waals surface area contributed by atoms with E-state index in [4.69, 9.17) is 9.84 Å². The van der Waals surface area contributed by atoms with E-state index >= 15 is 0 Å². The number of aryl methyl sites for hydroxylation is 1. The number of ether oxygens (including phenoxy) is 2. The third-order valence-corrected chi connectivity index (χ3v) is 5.49. The highest BCUT2D eigenvalue weighted by atomic mass is 16.7. The van der Waals surface area contributed by atoms with Crippen LogP contribution in [0.4, 0.5) is 4.79 Å². The van der Waals surface area contributed by atoms with E-state index in [1.165, 1.54) is 77.7 Å². The first-order chi connectivity index (χ1) is 14.6. The summed E-state index contributed by atoms with van der Waals surface area (Å²) >= 11 is 0. The smallest absolute Gasteiger partial charge is 0.465 e. The van der Waals surface area contributed by atoms with Gasteiger partial charge in [0.25, 0.3) is 0 Å². The van der Waals surface area contributed by atoms with Crippen LogP contribution in [0.1, 0.15) is 106 Å². The van der Waals surface area contributed by atoms with E-state index in [0.717, 1.165) is 31.2 Å². The second-order valence-electron chi connectivity index (χ2n) is 7.96. The van der Waals surface area contributed by atoms with Crippen LogP contribution in [0.3, 0.4) is 0 Å². The standard InChI is InChI=1S/C25H40O5/c1-29-24(26)23-20-16-15-19-22(23)18-14-12-10-8-6-4-2-3-5-7-9-11-13-17-21-30-25(27)28/h15-16,19-20H,2-14,17-18,21H2,1H3,(H,27,28). The molecule has 0 bridgehead atoms. The Kier molecular flexibility index (Phi) is 15.4. The number of carboxylic acid groups (broad SMARTS) is 1. The zero-order valence-electron chi connectivity index (χ0n) is 18.7. The Labute approximate surface area is 182 Å². The molecule has 1 aromatic carbocycles. The van der Waals surface area contributed by atoms with Gasteiger partial charge in [-0.05, 0) is 30.9 Å². The summed E-state index contributed by atoms with van der Waals surface area (Å²) in [7, 11) is 1.43. The molecule has 1 N–H and O–H groups in total. The van der Waals surface area contributed by atoms with Crippen LogP contribution < -0.4 is 0 Å². The van der Waals surface area contributed by atoms with Gasteiger partial charge in [-0.15, -0.1) is 0 Å². The van der Waals surface area contributed by atoms with Gasteiger partial charge in [-0.1, -0.05) is 95.2 Å². The van der Waals surface area contributed by atoms with Crippen molar-refractivity contribution in [1.29, 1.82) is 0 Å². The molecule has 1 aromatic rings. The highest BCUT2D eigenvalue weighted by Gasteiger charge is 2.10. The zero-order valence-corrected chi connectivity index (χ0v) is 18.7. The van der Waals surface area contributed by atoms with Gasteiger partial charge in [0, 0.05) is 0 Å². The predicted octanol–water partition coefficient (Wildman–Crippen LogP) is 7.17. The highest BCUT2D eigenvalue weighted by Crippen LogP contribution is 2.16. The Morgan fingerprint density at radius 3 is 1.70 bits per heavy atom. The van der Waals surface area contributed by atoms with Crippen molar-refractivity contribution in [3.8, 4) is 0 Å². The number of esters is 1.